The van der Waals surface area contributed by atoms with Crippen molar-refractivity contribution < 1.29 is 18.0 Å². The molecule has 0 spiro atoms. The lowest BCUT2D eigenvalue weighted by molar-refractivity contribution is -0.140. The number of carbonyl (C=O) groups is 2. The number of nitrogens with zero attached hydrogens (tertiary/aromatic N) is 2. The second-order valence-corrected chi connectivity index (χ2v) is 10.8. The Kier molecular flexibility index (Phi) is 9.94. The first-order chi connectivity index (χ1) is 16.0. The van der Waals surface area contributed by atoms with Gasteiger partial charge in [-0.1, -0.05) is 61.3 Å². The minimum Gasteiger partial charge on any atom is -0.352 e. The van der Waals surface area contributed by atoms with Gasteiger partial charge in [-0.15, -0.1) is 0 Å². The van der Waals surface area contributed by atoms with E-state index in [1.165, 1.54) is 11.0 Å². The van der Waals surface area contributed by atoms with Crippen LogP contribution in [0.5, 0.6) is 0 Å². The largest absolute Gasteiger partial charge is 0.352 e. The van der Waals surface area contributed by atoms with Gasteiger partial charge in [-0.3, -0.25) is 13.9 Å². The van der Waals surface area contributed by atoms with E-state index < -0.39 is 28.5 Å². The Morgan fingerprint density at radius 2 is 1.74 bits per heavy atom. The third kappa shape index (κ3) is 7.74. The molecule has 186 valence electrons. The molecular weight excluding hydrogens is 474 g/mol. The number of sulfonamides is 1. The Labute approximate surface area is 208 Å². The van der Waals surface area contributed by atoms with E-state index in [0.29, 0.717) is 11.4 Å². The molecule has 0 aliphatic heterocycles. The third-order valence-corrected chi connectivity index (χ3v) is 6.97. The van der Waals surface area contributed by atoms with Crippen molar-refractivity contribution in [2.24, 2.45) is 0 Å². The molecule has 0 heterocycles. The highest BCUT2D eigenvalue weighted by molar-refractivity contribution is 7.92. The predicted octanol–water partition coefficient (Wildman–Crippen LogP) is 4.14. The second kappa shape index (κ2) is 12.2. The first-order valence-corrected chi connectivity index (χ1v) is 13.6. The van der Waals surface area contributed by atoms with Crippen LogP contribution < -0.4 is 9.62 Å². The molecule has 0 saturated carbocycles. The molecule has 2 aromatic rings. The molecule has 0 radical (unpaired) electrons. The number of benzene rings is 2. The van der Waals surface area contributed by atoms with Crippen molar-refractivity contribution in [2.75, 3.05) is 17.1 Å². The number of hydrogen-bond acceptors (Lipinski definition) is 4. The summed E-state index contributed by atoms with van der Waals surface area (Å²) in [6, 6.07) is 13.2. The minimum atomic E-state index is -3.79. The van der Waals surface area contributed by atoms with E-state index in [2.05, 4.69) is 5.32 Å². The molecule has 2 rings (SSSR count). The first-order valence-electron chi connectivity index (χ1n) is 11.3. The molecule has 0 aliphatic carbocycles. The maximum Gasteiger partial charge on any atom is 0.244 e. The van der Waals surface area contributed by atoms with E-state index in [4.69, 9.17) is 11.6 Å². The van der Waals surface area contributed by atoms with Crippen LogP contribution in [0.2, 0.25) is 5.02 Å². The number of hydrogen-bond donors (Lipinski definition) is 1. The average molecular weight is 508 g/mol. The summed E-state index contributed by atoms with van der Waals surface area (Å²) in [6.07, 6.45) is 2.18. The van der Waals surface area contributed by atoms with Crippen LogP contribution in [0.25, 0.3) is 0 Å². The van der Waals surface area contributed by atoms with Crippen LogP contribution in [0.15, 0.2) is 48.5 Å². The smallest absolute Gasteiger partial charge is 0.244 e. The highest BCUT2D eigenvalue weighted by Crippen LogP contribution is 2.23. The molecule has 0 unspecified atom stereocenters. The van der Waals surface area contributed by atoms with E-state index >= 15 is 0 Å². The zero-order chi connectivity index (χ0) is 25.5. The first kappa shape index (κ1) is 27.7. The number of aryl methyl sites for hydroxylation is 1. The molecule has 0 saturated heterocycles. The van der Waals surface area contributed by atoms with Crippen LogP contribution in [-0.4, -0.2) is 50.0 Å². The molecule has 0 aliphatic rings. The van der Waals surface area contributed by atoms with Crippen molar-refractivity contribution in [1.82, 2.24) is 10.2 Å². The minimum absolute atomic E-state index is 0.0450. The van der Waals surface area contributed by atoms with Gasteiger partial charge < -0.3 is 10.2 Å². The molecule has 2 amide bonds. The molecular formula is C25H34ClN3O4S. The van der Waals surface area contributed by atoms with Gasteiger partial charge in [0.25, 0.3) is 0 Å². The van der Waals surface area contributed by atoms with E-state index in [9.17, 15) is 18.0 Å². The van der Waals surface area contributed by atoms with E-state index in [1.807, 2.05) is 52.0 Å². The zero-order valence-corrected chi connectivity index (χ0v) is 22.0. The van der Waals surface area contributed by atoms with Crippen molar-refractivity contribution in [3.05, 3.63) is 64.7 Å². The molecule has 0 bridgehead atoms. The van der Waals surface area contributed by atoms with Gasteiger partial charge in [0, 0.05) is 17.6 Å². The standard InChI is InChI=1S/C25H34ClN3O4S/c1-6-19(4)27-25(31)23(7-2)28(16-20-11-8-10-18(3)14-20)24(30)17-29(34(5,32)33)22-13-9-12-21(26)15-22/h8-15,19,23H,6-7,16-17H2,1-5H3,(H,27,31)/t19-,23-/m1/s1. The fourth-order valence-corrected chi connectivity index (χ4v) is 4.64. The van der Waals surface area contributed by atoms with Gasteiger partial charge in [-0.2, -0.15) is 0 Å². The van der Waals surface area contributed by atoms with Crippen molar-refractivity contribution in [1.29, 1.82) is 0 Å². The summed E-state index contributed by atoms with van der Waals surface area (Å²) in [5.41, 5.74) is 2.17. The monoisotopic (exact) mass is 507 g/mol. The molecule has 2 atom stereocenters. The molecule has 7 nitrogen and oxygen atoms in total. The fraction of sp³-hybridized carbons (Fsp3) is 0.440. The molecule has 0 aromatic heterocycles. The van der Waals surface area contributed by atoms with Gasteiger partial charge >= 0.3 is 0 Å². The summed E-state index contributed by atoms with van der Waals surface area (Å²) >= 11 is 6.07. The normalized spacial score (nSPS) is 13.1. The summed E-state index contributed by atoms with van der Waals surface area (Å²) in [7, 11) is -3.79. The Morgan fingerprint density at radius 3 is 2.29 bits per heavy atom. The lowest BCUT2D eigenvalue weighted by atomic mass is 10.1. The summed E-state index contributed by atoms with van der Waals surface area (Å²) in [4.78, 5) is 28.2. The zero-order valence-electron chi connectivity index (χ0n) is 20.4. The van der Waals surface area contributed by atoms with Crippen molar-refractivity contribution in [2.45, 2.75) is 59.2 Å². The van der Waals surface area contributed by atoms with Gasteiger partial charge in [0.05, 0.1) is 11.9 Å². The topological polar surface area (TPSA) is 86.8 Å². The van der Waals surface area contributed by atoms with Crippen LogP contribution in [-0.2, 0) is 26.2 Å². The number of anilines is 1. The molecule has 2 aromatic carbocycles. The van der Waals surface area contributed by atoms with Crippen molar-refractivity contribution in [3.63, 3.8) is 0 Å². The van der Waals surface area contributed by atoms with Gasteiger partial charge in [-0.25, -0.2) is 8.42 Å². The number of amides is 2. The predicted molar refractivity (Wildman–Crippen MR) is 137 cm³/mol. The average Bonchev–Trinajstić information content (AvgIpc) is 2.76. The van der Waals surface area contributed by atoms with Crippen LogP contribution >= 0.6 is 11.6 Å². The van der Waals surface area contributed by atoms with Gasteiger partial charge in [0.1, 0.15) is 12.6 Å². The van der Waals surface area contributed by atoms with Crippen LogP contribution in [0.4, 0.5) is 5.69 Å². The van der Waals surface area contributed by atoms with Crippen molar-refractivity contribution in [3.8, 4) is 0 Å². The van der Waals surface area contributed by atoms with Crippen LogP contribution in [0, 0.1) is 6.92 Å². The van der Waals surface area contributed by atoms with Gasteiger partial charge in [-0.05, 0) is 50.5 Å². The Bertz CT molecular complexity index is 1110. The highest BCUT2D eigenvalue weighted by atomic mass is 35.5. The summed E-state index contributed by atoms with van der Waals surface area (Å²) < 4.78 is 26.2. The maximum absolute atomic E-state index is 13.6. The van der Waals surface area contributed by atoms with Crippen LogP contribution in [0.1, 0.15) is 44.7 Å². The SMILES string of the molecule is CC[C@@H](C)NC(=O)[C@@H](CC)N(Cc1cccc(C)c1)C(=O)CN(c1cccc(Cl)c1)S(C)(=O)=O. The lowest BCUT2D eigenvalue weighted by Crippen LogP contribution is -2.53. The highest BCUT2D eigenvalue weighted by Gasteiger charge is 2.32. The molecule has 1 N–H and O–H groups in total. The molecule has 9 heteroatoms. The van der Waals surface area contributed by atoms with E-state index in [-0.39, 0.29) is 24.2 Å². The molecule has 0 fully saturated rings. The summed E-state index contributed by atoms with van der Waals surface area (Å²) in [6.45, 7) is 7.40. The number of rotatable bonds is 11. The number of carbonyl (C=O) groups excluding carboxylic acids is 2. The van der Waals surface area contributed by atoms with Crippen molar-refractivity contribution >= 4 is 39.1 Å². The fourth-order valence-electron chi connectivity index (χ4n) is 3.61. The lowest BCUT2D eigenvalue weighted by Gasteiger charge is -2.33. The van der Waals surface area contributed by atoms with E-state index in [1.54, 1.807) is 18.2 Å². The van der Waals surface area contributed by atoms with Crippen LogP contribution in [0.3, 0.4) is 0 Å². The Hall–Kier alpha value is -2.58. The Balaban J connectivity index is 2.44. The Morgan fingerprint density at radius 1 is 1.06 bits per heavy atom. The molecule has 34 heavy (non-hydrogen) atoms. The van der Waals surface area contributed by atoms with E-state index in [0.717, 1.165) is 28.1 Å². The number of nitrogens with one attached hydrogen (secondary N) is 1. The second-order valence-electron chi connectivity index (χ2n) is 8.50. The van der Waals surface area contributed by atoms with Gasteiger partial charge in [0.15, 0.2) is 0 Å². The summed E-state index contributed by atoms with van der Waals surface area (Å²) in [5, 5.41) is 3.31. The quantitative estimate of drug-likeness (QED) is 0.495. The third-order valence-electron chi connectivity index (χ3n) is 5.60. The number of halogens is 1. The van der Waals surface area contributed by atoms with Gasteiger partial charge in [0.2, 0.25) is 21.8 Å². The maximum atomic E-state index is 13.6. The summed E-state index contributed by atoms with van der Waals surface area (Å²) in [5.74, 6) is -0.732.